The molecule has 0 aromatic rings. The molecule has 0 saturated carbocycles. The van der Waals surface area contributed by atoms with E-state index in [-0.39, 0.29) is 58.7 Å². The minimum absolute atomic E-state index is 0. The molecule has 0 aliphatic carbocycles. The van der Waals surface area contributed by atoms with E-state index >= 15 is 0 Å². The molecule has 8 heteroatoms. The Balaban J connectivity index is -0.0000000546. The molecule has 0 aliphatic heterocycles. The van der Waals surface area contributed by atoms with Crippen molar-refractivity contribution in [3.63, 3.8) is 0 Å². The maximum atomic E-state index is 10.1. The molecule has 0 bridgehead atoms. The first kappa shape index (κ1) is 18.9. The topological polar surface area (TPSA) is 98.1 Å². The van der Waals surface area contributed by atoms with Gasteiger partial charge in [-0.05, 0) is 0 Å². The van der Waals surface area contributed by atoms with Crippen molar-refractivity contribution in [1.82, 2.24) is 4.90 Å². The Morgan fingerprint density at radius 3 is 1.42 bits per heavy atom. The summed E-state index contributed by atoms with van der Waals surface area (Å²) in [6, 6.07) is 0. The fourth-order valence-electron chi connectivity index (χ4n) is 0. The van der Waals surface area contributed by atoms with Crippen molar-refractivity contribution in [2.24, 2.45) is 0 Å². The summed E-state index contributed by atoms with van der Waals surface area (Å²) in [7, 11) is -1.19. The Hall–Kier alpha value is 1.22. The summed E-state index contributed by atoms with van der Waals surface area (Å²) in [5, 5.41) is 0. The predicted molar refractivity (Wildman–Crippen MR) is 39.7 cm³/mol. The van der Waals surface area contributed by atoms with Gasteiger partial charge >= 0.3 is 59.2 Å². The first-order valence-corrected chi connectivity index (χ1v) is 4.17. The monoisotopic (exact) mass is 225 g/mol. The number of hydrogen-bond donors (Lipinski definition) is 3. The number of phosphoric acid groups is 1. The van der Waals surface area contributed by atoms with Gasteiger partial charge in [-0.25, -0.2) is 4.57 Å². The van der Waals surface area contributed by atoms with Gasteiger partial charge in [0, 0.05) is 21.0 Å². The number of carbonyl (C=O) groups excluding carboxylic acids is 1. The number of rotatable bonds is 0. The van der Waals surface area contributed by atoms with Gasteiger partial charge in [0.1, 0.15) is 0 Å². The van der Waals surface area contributed by atoms with Gasteiger partial charge in [-0.3, -0.25) is 4.79 Å². The molecule has 70 valence electrons. The fourth-order valence-corrected chi connectivity index (χ4v) is 0. The van der Waals surface area contributed by atoms with Crippen LogP contribution >= 0.6 is 7.82 Å². The first-order chi connectivity index (χ1) is 4.64. The van der Waals surface area contributed by atoms with Crippen LogP contribution in [0.4, 0.5) is 0 Å². The molecule has 0 radical (unpaired) electrons. The molecule has 0 fully saturated rings. The van der Waals surface area contributed by atoms with Gasteiger partial charge in [0.15, 0.2) is 0 Å². The van der Waals surface area contributed by atoms with Crippen molar-refractivity contribution in [2.75, 3.05) is 14.1 Å². The Morgan fingerprint density at radius 2 is 1.42 bits per heavy atom. The largest absolute Gasteiger partial charge is 1.00 e. The molecular weight excluding hydrogens is 212 g/mol. The summed E-state index contributed by atoms with van der Waals surface area (Å²) in [6.07, 6.45) is 0. The van der Waals surface area contributed by atoms with E-state index in [4.69, 9.17) is 19.2 Å². The Bertz CT molecular complexity index is 164. The van der Waals surface area contributed by atoms with Gasteiger partial charge in [0.25, 0.3) is 0 Å². The van der Waals surface area contributed by atoms with Crippen molar-refractivity contribution < 1.29 is 76.9 Å². The number of nitrogens with zero attached hydrogens (tertiary/aromatic N) is 1. The van der Waals surface area contributed by atoms with E-state index in [9.17, 15) is 4.79 Å². The maximum absolute atomic E-state index is 10.1. The molecule has 12 heavy (non-hydrogen) atoms. The molecule has 6 nitrogen and oxygen atoms in total. The molecule has 0 aromatic carbocycles. The van der Waals surface area contributed by atoms with Crippen molar-refractivity contribution in [2.45, 2.75) is 6.92 Å². The molecule has 0 rings (SSSR count). The Labute approximate surface area is 115 Å². The number of amides is 1. The smallest absolute Gasteiger partial charge is 1.00 e. The van der Waals surface area contributed by atoms with Crippen LogP contribution in [0.1, 0.15) is 8.35 Å². The van der Waals surface area contributed by atoms with Crippen LogP contribution in [0.2, 0.25) is 0 Å². The van der Waals surface area contributed by atoms with Gasteiger partial charge in [-0.15, -0.1) is 0 Å². The third-order valence-corrected chi connectivity index (χ3v) is 0.630. The van der Waals surface area contributed by atoms with Crippen LogP contribution in [-0.2, 0) is 9.36 Å². The van der Waals surface area contributed by atoms with Crippen LogP contribution in [0, 0.1) is 0 Å². The molecule has 1 amide bonds. The van der Waals surface area contributed by atoms with E-state index < -0.39 is 7.82 Å². The summed E-state index contributed by atoms with van der Waals surface area (Å²) in [4.78, 5) is 33.2. The van der Waals surface area contributed by atoms with E-state index in [0.717, 1.165) is 0 Å². The minimum atomic E-state index is -4.64. The van der Waals surface area contributed by atoms with Crippen molar-refractivity contribution in [1.29, 1.82) is 0 Å². The fraction of sp³-hybridized carbons (Fsp3) is 0.750. The molecule has 0 spiro atoms. The van der Waals surface area contributed by atoms with Gasteiger partial charge in [0.2, 0.25) is 5.91 Å². The van der Waals surface area contributed by atoms with Gasteiger partial charge in [0.05, 0.1) is 0 Å². The molecule has 0 heterocycles. The average Bonchev–Trinajstić information content (AvgIpc) is 1.59. The van der Waals surface area contributed by atoms with Crippen molar-refractivity contribution >= 4 is 13.7 Å². The predicted octanol–water partition coefficient (Wildman–Crippen LogP) is -3.72. The van der Waals surface area contributed by atoms with Crippen LogP contribution in [0.25, 0.3) is 0 Å². The second-order valence-electron chi connectivity index (χ2n) is 1.93. The summed E-state index contributed by atoms with van der Waals surface area (Å²) >= 11 is 0. The Morgan fingerprint density at radius 1 is 1.33 bits per heavy atom. The number of hydrogen-bond acceptors (Lipinski definition) is 2. The zero-order chi connectivity index (χ0) is 9.65. The zero-order valence-corrected chi connectivity index (χ0v) is 11.6. The summed E-state index contributed by atoms with van der Waals surface area (Å²) in [5.41, 5.74) is 0. The minimum Gasteiger partial charge on any atom is -1.00 e. The van der Waals surface area contributed by atoms with Crippen LogP contribution in [0.15, 0.2) is 0 Å². The number of carbonyl (C=O) groups is 1. The van der Waals surface area contributed by atoms with Gasteiger partial charge < -0.3 is 21.0 Å². The van der Waals surface area contributed by atoms with E-state index in [2.05, 4.69) is 0 Å². The standard InChI is InChI=1S/C4H9NO.K.H3O4P.H/c1-4(6)5(2)3;;1-5(2,3)4;/h1-3H3;;(H3,1,2,3,4);/q;+1;;-1. The Kier molecular flexibility index (Phi) is 13.9. The first-order valence-electron chi connectivity index (χ1n) is 2.60. The van der Waals surface area contributed by atoms with Gasteiger partial charge in [-0.2, -0.15) is 0 Å². The molecule has 0 aliphatic rings. The summed E-state index contributed by atoms with van der Waals surface area (Å²) in [5.74, 6) is 0.0926. The van der Waals surface area contributed by atoms with Crippen LogP contribution < -0.4 is 51.4 Å². The van der Waals surface area contributed by atoms with Crippen molar-refractivity contribution in [3.8, 4) is 0 Å². The molecule has 0 atom stereocenters. The molecule has 0 saturated heterocycles. The molecule has 3 N–H and O–H groups in total. The second-order valence-corrected chi connectivity index (χ2v) is 2.95. The molecular formula is C4H13KNO5P. The van der Waals surface area contributed by atoms with Crippen LogP contribution in [-0.4, -0.2) is 39.6 Å². The van der Waals surface area contributed by atoms with E-state index in [1.165, 1.54) is 11.8 Å². The maximum Gasteiger partial charge on any atom is 1.00 e. The SMILES string of the molecule is CC(=O)N(C)C.O=P(O)(O)O.[H-].[K+]. The normalized spacial score (nSPS) is 8.83. The van der Waals surface area contributed by atoms with Gasteiger partial charge in [-0.1, -0.05) is 0 Å². The summed E-state index contributed by atoms with van der Waals surface area (Å²) < 4.78 is 8.88. The third kappa shape index (κ3) is 43.0. The van der Waals surface area contributed by atoms with Crippen LogP contribution in [0.3, 0.4) is 0 Å². The van der Waals surface area contributed by atoms with Crippen molar-refractivity contribution in [3.05, 3.63) is 0 Å². The quantitative estimate of drug-likeness (QED) is 0.291. The summed E-state index contributed by atoms with van der Waals surface area (Å²) in [6.45, 7) is 1.53. The third-order valence-electron chi connectivity index (χ3n) is 0.630. The molecule has 0 unspecified atom stereocenters. The second kappa shape index (κ2) is 8.80. The van der Waals surface area contributed by atoms with E-state index in [0.29, 0.717) is 0 Å². The zero-order valence-electron chi connectivity index (χ0n) is 8.55. The van der Waals surface area contributed by atoms with E-state index in [1.807, 2.05) is 0 Å². The average molecular weight is 225 g/mol. The van der Waals surface area contributed by atoms with Crippen LogP contribution in [0.5, 0.6) is 0 Å². The van der Waals surface area contributed by atoms with E-state index in [1.54, 1.807) is 14.1 Å². The molecule has 0 aromatic heterocycles.